The van der Waals surface area contributed by atoms with Crippen LogP contribution < -0.4 is 22.1 Å². The fraction of sp³-hybridized carbons (Fsp3) is 0.0556. The number of fused-ring (bicyclic) bond motifs is 2. The van der Waals surface area contributed by atoms with Crippen molar-refractivity contribution in [3.63, 3.8) is 0 Å². The van der Waals surface area contributed by atoms with Gasteiger partial charge in [-0.15, -0.1) is 0 Å². The molecule has 3 aromatic rings. The van der Waals surface area contributed by atoms with Crippen molar-refractivity contribution in [2.75, 3.05) is 16.8 Å². The first kappa shape index (κ1) is 16.9. The van der Waals surface area contributed by atoms with E-state index in [1.807, 2.05) is 12.1 Å². The van der Waals surface area contributed by atoms with Gasteiger partial charge in [-0.25, -0.2) is 9.98 Å². The van der Waals surface area contributed by atoms with E-state index in [4.69, 9.17) is 16.7 Å². The summed E-state index contributed by atoms with van der Waals surface area (Å²) in [5.74, 6) is 0.224. The minimum atomic E-state index is -0.835. The van der Waals surface area contributed by atoms with Crippen LogP contribution in [-0.4, -0.2) is 21.0 Å². The molecule has 10 heteroatoms. The highest BCUT2D eigenvalue weighted by Crippen LogP contribution is 2.44. The number of phenolic OH excluding ortho intramolecular Hbond substituents is 1. The van der Waals surface area contributed by atoms with Crippen LogP contribution in [0.2, 0.25) is 0 Å². The lowest BCUT2D eigenvalue weighted by Crippen LogP contribution is -2.32. The molecule has 0 spiro atoms. The quantitative estimate of drug-likeness (QED) is 0.311. The maximum Gasteiger partial charge on any atom is 0.211 e. The summed E-state index contributed by atoms with van der Waals surface area (Å²) in [6, 6.07) is 8.16. The molecule has 1 aromatic carbocycles. The number of nitrogen functional groups attached to an aromatic ring is 2. The van der Waals surface area contributed by atoms with Crippen LogP contribution in [0.3, 0.4) is 0 Å². The number of guanidine groups is 1. The van der Waals surface area contributed by atoms with Crippen LogP contribution in [0.15, 0.2) is 35.5 Å². The van der Waals surface area contributed by atoms with Gasteiger partial charge >= 0.3 is 0 Å². The second-order valence-corrected chi connectivity index (χ2v) is 5.98. The monoisotopic (exact) mass is 371 g/mol. The standard InChI is InChI=1S/C18H13N9O/c19-6-10-12(21)11-14(25-18(24-7-20)27-17(11)26-16(10)22)9-4-3-8-2-1-5-23-13(8)15(9)28/h1-5,14,28H,(H6,21,22,24,25,26,27). The van der Waals surface area contributed by atoms with E-state index in [0.717, 1.165) is 5.39 Å². The number of phenols is 1. The number of nitrogens with one attached hydrogen (secondary N) is 2. The van der Waals surface area contributed by atoms with Gasteiger partial charge in [0.15, 0.2) is 6.19 Å². The first-order valence-electron chi connectivity index (χ1n) is 8.10. The van der Waals surface area contributed by atoms with Crippen LogP contribution in [0.4, 0.5) is 17.3 Å². The highest BCUT2D eigenvalue weighted by atomic mass is 16.3. The lowest BCUT2D eigenvalue weighted by Gasteiger charge is -2.26. The molecule has 0 radical (unpaired) electrons. The molecule has 1 unspecified atom stereocenters. The van der Waals surface area contributed by atoms with Gasteiger partial charge in [-0.1, -0.05) is 18.2 Å². The molecule has 0 saturated carbocycles. The van der Waals surface area contributed by atoms with Gasteiger partial charge in [0.05, 0.1) is 5.69 Å². The van der Waals surface area contributed by atoms with Crippen molar-refractivity contribution in [1.82, 2.24) is 15.3 Å². The van der Waals surface area contributed by atoms with E-state index in [1.54, 1.807) is 30.6 Å². The number of rotatable bonds is 1. The molecule has 2 aromatic heterocycles. The summed E-state index contributed by atoms with van der Waals surface area (Å²) in [5, 5.41) is 35.1. The molecule has 28 heavy (non-hydrogen) atoms. The molecule has 1 aliphatic heterocycles. The molecule has 0 bridgehead atoms. The van der Waals surface area contributed by atoms with Crippen LogP contribution in [0.5, 0.6) is 5.75 Å². The Hall–Kier alpha value is -4.57. The molecule has 10 nitrogen and oxygen atoms in total. The molecule has 0 fully saturated rings. The zero-order valence-corrected chi connectivity index (χ0v) is 14.3. The van der Waals surface area contributed by atoms with Crippen molar-refractivity contribution in [1.29, 1.82) is 10.5 Å². The predicted molar refractivity (Wildman–Crippen MR) is 103 cm³/mol. The van der Waals surface area contributed by atoms with Gasteiger partial charge in [0.1, 0.15) is 40.6 Å². The zero-order chi connectivity index (χ0) is 19.8. The third-order valence-corrected chi connectivity index (χ3v) is 4.43. The number of hydrogen-bond donors (Lipinski definition) is 5. The van der Waals surface area contributed by atoms with Crippen molar-refractivity contribution in [3.05, 3.63) is 47.2 Å². The number of anilines is 3. The second kappa shape index (κ2) is 6.30. The molecule has 7 N–H and O–H groups in total. The summed E-state index contributed by atoms with van der Waals surface area (Å²) in [4.78, 5) is 12.8. The Bertz CT molecular complexity index is 1240. The Labute approximate surface area is 158 Å². The SMILES string of the molecule is N#CNC1=NC(c2ccc3cccnc3c2O)c2c(nc(N)c(C#N)c2N)N1. The molecule has 1 atom stereocenters. The van der Waals surface area contributed by atoms with Crippen LogP contribution >= 0.6 is 0 Å². The smallest absolute Gasteiger partial charge is 0.211 e. The molecule has 0 aliphatic carbocycles. The van der Waals surface area contributed by atoms with Crippen LogP contribution in [-0.2, 0) is 0 Å². The molecule has 136 valence electrons. The minimum Gasteiger partial charge on any atom is -0.505 e. The number of nitriles is 2. The fourth-order valence-electron chi connectivity index (χ4n) is 3.17. The number of hydrogen-bond acceptors (Lipinski definition) is 10. The number of benzene rings is 1. The number of aromatic nitrogens is 2. The Morgan fingerprint density at radius 2 is 2.04 bits per heavy atom. The summed E-state index contributed by atoms with van der Waals surface area (Å²) in [6.45, 7) is 0. The van der Waals surface area contributed by atoms with E-state index in [1.165, 1.54) is 0 Å². The highest BCUT2D eigenvalue weighted by molar-refractivity contribution is 5.99. The minimum absolute atomic E-state index is 0.0239. The van der Waals surface area contributed by atoms with E-state index in [0.29, 0.717) is 16.6 Å². The molecular weight excluding hydrogens is 358 g/mol. The first-order chi connectivity index (χ1) is 13.5. The number of aliphatic imine (C=N–C) groups is 1. The van der Waals surface area contributed by atoms with Crippen molar-refractivity contribution >= 4 is 34.2 Å². The van der Waals surface area contributed by atoms with Gasteiger partial charge in [0.25, 0.3) is 0 Å². The predicted octanol–water partition coefficient (Wildman–Crippen LogP) is 1.31. The molecule has 4 rings (SSSR count). The fourth-order valence-corrected chi connectivity index (χ4v) is 3.17. The van der Waals surface area contributed by atoms with E-state index in [-0.39, 0.29) is 34.6 Å². The number of pyridine rings is 2. The molecule has 0 amide bonds. The van der Waals surface area contributed by atoms with Crippen molar-refractivity contribution in [2.45, 2.75) is 6.04 Å². The van der Waals surface area contributed by atoms with Gasteiger partial charge in [-0.3, -0.25) is 10.3 Å². The van der Waals surface area contributed by atoms with E-state index >= 15 is 0 Å². The Morgan fingerprint density at radius 1 is 1.21 bits per heavy atom. The summed E-state index contributed by atoms with van der Waals surface area (Å²) in [6.07, 6.45) is 3.34. The number of aromatic hydroxyl groups is 1. The lowest BCUT2D eigenvalue weighted by atomic mass is 9.93. The molecular formula is C18H13N9O. The van der Waals surface area contributed by atoms with Crippen molar-refractivity contribution in [3.8, 4) is 18.0 Å². The Morgan fingerprint density at radius 3 is 2.79 bits per heavy atom. The Balaban J connectivity index is 2.00. The third kappa shape index (κ3) is 2.45. The average Bonchev–Trinajstić information content (AvgIpc) is 2.68. The van der Waals surface area contributed by atoms with Gasteiger partial charge in [-0.05, 0) is 6.07 Å². The zero-order valence-electron chi connectivity index (χ0n) is 14.3. The van der Waals surface area contributed by atoms with Crippen molar-refractivity contribution < 1.29 is 5.11 Å². The highest BCUT2D eigenvalue weighted by Gasteiger charge is 2.31. The maximum atomic E-state index is 10.8. The first-order valence-corrected chi connectivity index (χ1v) is 8.10. The summed E-state index contributed by atoms with van der Waals surface area (Å²) >= 11 is 0. The maximum absolute atomic E-state index is 10.8. The third-order valence-electron chi connectivity index (χ3n) is 4.43. The molecule has 1 aliphatic rings. The molecule has 0 saturated heterocycles. The van der Waals surface area contributed by atoms with Crippen LogP contribution in [0.1, 0.15) is 22.7 Å². The van der Waals surface area contributed by atoms with Gasteiger partial charge in [0, 0.05) is 22.7 Å². The Kier molecular flexibility index (Phi) is 3.80. The summed E-state index contributed by atoms with van der Waals surface area (Å²) < 4.78 is 0. The number of nitrogens with two attached hydrogens (primary N) is 2. The van der Waals surface area contributed by atoms with E-state index in [9.17, 15) is 10.4 Å². The van der Waals surface area contributed by atoms with E-state index < -0.39 is 6.04 Å². The lowest BCUT2D eigenvalue weighted by molar-refractivity contribution is 0.470. The van der Waals surface area contributed by atoms with Crippen LogP contribution in [0, 0.1) is 22.8 Å². The average molecular weight is 371 g/mol. The van der Waals surface area contributed by atoms with Crippen LogP contribution in [0.25, 0.3) is 10.9 Å². The van der Waals surface area contributed by atoms with Gasteiger partial charge in [0.2, 0.25) is 5.96 Å². The van der Waals surface area contributed by atoms with E-state index in [2.05, 4.69) is 25.6 Å². The number of nitrogens with zero attached hydrogens (tertiary/aromatic N) is 5. The summed E-state index contributed by atoms with van der Waals surface area (Å²) in [5.41, 5.74) is 13.3. The largest absolute Gasteiger partial charge is 0.505 e. The second-order valence-electron chi connectivity index (χ2n) is 5.98. The van der Waals surface area contributed by atoms with Crippen molar-refractivity contribution in [2.24, 2.45) is 4.99 Å². The topological polar surface area (TPSA) is 182 Å². The normalized spacial score (nSPS) is 14.9. The summed E-state index contributed by atoms with van der Waals surface area (Å²) in [7, 11) is 0. The van der Waals surface area contributed by atoms with Gasteiger partial charge in [-0.2, -0.15) is 10.5 Å². The molecule has 3 heterocycles. The van der Waals surface area contributed by atoms with Gasteiger partial charge < -0.3 is 21.9 Å².